The maximum Gasteiger partial charge on any atom is 0.215 e. The highest BCUT2D eigenvalue weighted by Gasteiger charge is 2.19. The second-order valence-corrected chi connectivity index (χ2v) is 5.47. The van der Waals surface area contributed by atoms with E-state index in [0.29, 0.717) is 29.7 Å². The first-order valence-corrected chi connectivity index (χ1v) is 7.67. The van der Waals surface area contributed by atoms with Gasteiger partial charge in [-0.25, -0.2) is 14.6 Å². The molecule has 1 aromatic carbocycles. The van der Waals surface area contributed by atoms with Gasteiger partial charge in [-0.2, -0.15) is 5.10 Å². The summed E-state index contributed by atoms with van der Waals surface area (Å²) in [5.74, 6) is 1.94. The molecular weight excluding hydrogens is 304 g/mol. The molecule has 0 aliphatic heterocycles. The second-order valence-electron chi connectivity index (χ2n) is 5.47. The minimum atomic E-state index is 0.566. The molecule has 0 fully saturated rings. The van der Waals surface area contributed by atoms with Crippen molar-refractivity contribution >= 4 is 0 Å². The largest absolute Gasteiger partial charge is 0.493 e. The van der Waals surface area contributed by atoms with Crippen molar-refractivity contribution in [2.75, 3.05) is 14.2 Å². The van der Waals surface area contributed by atoms with Gasteiger partial charge in [-0.3, -0.25) is 0 Å². The number of methoxy groups -OCH3 is 2. The predicted octanol–water partition coefficient (Wildman–Crippen LogP) is 3.02. The van der Waals surface area contributed by atoms with Crippen LogP contribution in [-0.4, -0.2) is 34.0 Å². The molecule has 0 unspecified atom stereocenters. The molecule has 0 radical (unpaired) electrons. The van der Waals surface area contributed by atoms with E-state index in [1.54, 1.807) is 20.4 Å². The van der Waals surface area contributed by atoms with E-state index in [1.807, 2.05) is 36.7 Å². The first kappa shape index (κ1) is 16.0. The van der Waals surface area contributed by atoms with Crippen molar-refractivity contribution < 1.29 is 9.47 Å². The van der Waals surface area contributed by atoms with Crippen LogP contribution in [0.1, 0.15) is 16.8 Å². The van der Waals surface area contributed by atoms with Crippen LogP contribution < -0.4 is 9.47 Å². The Morgan fingerprint density at radius 3 is 2.42 bits per heavy atom. The summed E-state index contributed by atoms with van der Waals surface area (Å²) in [4.78, 5) is 8.87. The molecule has 6 heteroatoms. The van der Waals surface area contributed by atoms with Crippen LogP contribution in [0.15, 0.2) is 36.5 Å². The number of ether oxygens (including phenoxy) is 2. The fourth-order valence-electron chi connectivity index (χ4n) is 2.64. The van der Waals surface area contributed by atoms with E-state index in [4.69, 9.17) is 9.47 Å². The summed E-state index contributed by atoms with van der Waals surface area (Å²) >= 11 is 0. The van der Waals surface area contributed by atoms with Gasteiger partial charge in [0.05, 0.1) is 32.7 Å². The van der Waals surface area contributed by atoms with Crippen molar-refractivity contribution in [1.82, 2.24) is 19.7 Å². The predicted molar refractivity (Wildman–Crippen MR) is 91.4 cm³/mol. The first-order valence-electron chi connectivity index (χ1n) is 7.67. The van der Waals surface area contributed by atoms with Crippen molar-refractivity contribution in [2.24, 2.45) is 0 Å². The lowest BCUT2D eigenvalue weighted by Crippen LogP contribution is -2.04. The number of nitrogens with zero attached hydrogens (tertiary/aromatic N) is 4. The van der Waals surface area contributed by atoms with E-state index in [2.05, 4.69) is 27.2 Å². The summed E-state index contributed by atoms with van der Waals surface area (Å²) in [5.41, 5.74) is 3.56. The fraction of sp³-hybridized carbons (Fsp3) is 0.278. The molecule has 0 saturated carbocycles. The maximum absolute atomic E-state index is 5.55. The number of aromatic nitrogens is 4. The molecule has 0 N–H and O–H groups in total. The van der Waals surface area contributed by atoms with Gasteiger partial charge in [0.2, 0.25) is 5.88 Å². The molecule has 124 valence electrons. The van der Waals surface area contributed by atoms with Crippen LogP contribution in [0, 0.1) is 13.8 Å². The monoisotopic (exact) mass is 324 g/mol. The number of hydrogen-bond donors (Lipinski definition) is 0. The van der Waals surface area contributed by atoms with Gasteiger partial charge in [-0.05, 0) is 19.4 Å². The number of hydrogen-bond acceptors (Lipinski definition) is 5. The van der Waals surface area contributed by atoms with E-state index < -0.39 is 0 Å². The van der Waals surface area contributed by atoms with Gasteiger partial charge in [0.25, 0.3) is 0 Å². The summed E-state index contributed by atoms with van der Waals surface area (Å²) in [6, 6.07) is 10.1. The first-order chi connectivity index (χ1) is 11.6. The smallest absolute Gasteiger partial charge is 0.215 e. The molecule has 0 aliphatic rings. The van der Waals surface area contributed by atoms with Crippen LogP contribution in [0.25, 0.3) is 11.5 Å². The molecule has 0 atom stereocenters. The molecule has 3 rings (SSSR count). The average molecular weight is 324 g/mol. The summed E-state index contributed by atoms with van der Waals surface area (Å²) < 4.78 is 12.6. The molecule has 0 amide bonds. The van der Waals surface area contributed by atoms with Gasteiger partial charge in [0.1, 0.15) is 5.69 Å². The lowest BCUT2D eigenvalue weighted by atomic mass is 10.2. The van der Waals surface area contributed by atoms with Crippen molar-refractivity contribution in [3.05, 3.63) is 53.3 Å². The number of benzene rings is 1. The Balaban J connectivity index is 2.02. The summed E-state index contributed by atoms with van der Waals surface area (Å²) in [6.07, 6.45) is 1.67. The normalized spacial score (nSPS) is 10.7. The highest BCUT2D eigenvalue weighted by molar-refractivity contribution is 5.58. The summed E-state index contributed by atoms with van der Waals surface area (Å²) in [7, 11) is 3.25. The Bertz CT molecular complexity index is 844. The highest BCUT2D eigenvalue weighted by Crippen LogP contribution is 2.29. The molecule has 0 saturated heterocycles. The third kappa shape index (κ3) is 2.95. The highest BCUT2D eigenvalue weighted by atomic mass is 16.5. The van der Waals surface area contributed by atoms with Crippen LogP contribution in [-0.2, 0) is 6.54 Å². The molecule has 2 heterocycles. The van der Waals surface area contributed by atoms with E-state index in [1.165, 1.54) is 0 Å². The van der Waals surface area contributed by atoms with Crippen LogP contribution in [0.3, 0.4) is 0 Å². The molecule has 2 aromatic heterocycles. The number of aryl methyl sites for hydroxylation is 1. The summed E-state index contributed by atoms with van der Waals surface area (Å²) in [5, 5.41) is 4.67. The van der Waals surface area contributed by atoms with Gasteiger partial charge in [-0.1, -0.05) is 30.3 Å². The Morgan fingerprint density at radius 1 is 1.04 bits per heavy atom. The van der Waals surface area contributed by atoms with Crippen molar-refractivity contribution in [2.45, 2.75) is 20.4 Å². The van der Waals surface area contributed by atoms with E-state index in [-0.39, 0.29) is 0 Å². The van der Waals surface area contributed by atoms with Gasteiger partial charge >= 0.3 is 0 Å². The summed E-state index contributed by atoms with van der Waals surface area (Å²) in [6.45, 7) is 4.48. The van der Waals surface area contributed by atoms with E-state index in [9.17, 15) is 0 Å². The molecule has 0 spiro atoms. The van der Waals surface area contributed by atoms with Crippen LogP contribution >= 0.6 is 0 Å². The third-order valence-electron chi connectivity index (χ3n) is 3.87. The molecule has 24 heavy (non-hydrogen) atoms. The zero-order valence-corrected chi connectivity index (χ0v) is 14.3. The van der Waals surface area contributed by atoms with Gasteiger partial charge in [-0.15, -0.1) is 0 Å². The van der Waals surface area contributed by atoms with Crippen LogP contribution in [0.5, 0.6) is 11.6 Å². The number of rotatable bonds is 5. The minimum Gasteiger partial charge on any atom is -0.493 e. The zero-order chi connectivity index (χ0) is 17.1. The maximum atomic E-state index is 5.55. The second kappa shape index (κ2) is 6.70. The lowest BCUT2D eigenvalue weighted by Gasteiger charge is -2.06. The van der Waals surface area contributed by atoms with Crippen molar-refractivity contribution in [1.29, 1.82) is 0 Å². The van der Waals surface area contributed by atoms with Crippen LogP contribution in [0.4, 0.5) is 0 Å². The Hall–Kier alpha value is -2.89. The quantitative estimate of drug-likeness (QED) is 0.722. The third-order valence-corrected chi connectivity index (χ3v) is 3.87. The minimum absolute atomic E-state index is 0.566. The zero-order valence-electron chi connectivity index (χ0n) is 14.3. The van der Waals surface area contributed by atoms with E-state index in [0.717, 1.165) is 16.8 Å². The van der Waals surface area contributed by atoms with E-state index >= 15 is 0 Å². The Kier molecular flexibility index (Phi) is 4.46. The fourth-order valence-corrected chi connectivity index (χ4v) is 2.64. The molecule has 0 bridgehead atoms. The SMILES string of the molecule is COc1cnc(-c2nn(Cc3ccccc3)c(OC)c2C)nc1C. The van der Waals surface area contributed by atoms with Gasteiger partial charge < -0.3 is 9.47 Å². The standard InChI is InChI=1S/C18H20N4O2/c1-12-16(17-19-10-15(23-3)13(2)20-17)21-22(18(12)24-4)11-14-8-6-5-7-9-14/h5-10H,11H2,1-4H3. The van der Waals surface area contributed by atoms with Crippen LogP contribution in [0.2, 0.25) is 0 Å². The van der Waals surface area contributed by atoms with Crippen molar-refractivity contribution in [3.8, 4) is 23.1 Å². The Morgan fingerprint density at radius 2 is 1.79 bits per heavy atom. The van der Waals surface area contributed by atoms with Gasteiger partial charge in [0, 0.05) is 5.56 Å². The lowest BCUT2D eigenvalue weighted by molar-refractivity contribution is 0.364. The van der Waals surface area contributed by atoms with Crippen molar-refractivity contribution in [3.63, 3.8) is 0 Å². The van der Waals surface area contributed by atoms with Gasteiger partial charge in [0.15, 0.2) is 11.6 Å². The average Bonchev–Trinajstić information content (AvgIpc) is 2.91. The molecule has 0 aliphatic carbocycles. The topological polar surface area (TPSA) is 62.1 Å². The molecular formula is C18H20N4O2. The molecule has 6 nitrogen and oxygen atoms in total. The molecule has 3 aromatic rings. The Labute approximate surface area is 141 Å².